The van der Waals surface area contributed by atoms with E-state index >= 15 is 0 Å². The zero-order valence-electron chi connectivity index (χ0n) is 15.8. The van der Waals surface area contributed by atoms with Crippen LogP contribution >= 0.6 is 11.8 Å². The maximum absolute atomic E-state index is 12.9. The van der Waals surface area contributed by atoms with Crippen molar-refractivity contribution in [2.45, 2.75) is 37.7 Å². The van der Waals surface area contributed by atoms with Crippen molar-refractivity contribution in [1.82, 2.24) is 23.9 Å². The summed E-state index contributed by atoms with van der Waals surface area (Å²) < 4.78 is 3.61. The average molecular weight is 395 g/mol. The number of aromatic nitrogens is 5. The summed E-state index contributed by atoms with van der Waals surface area (Å²) in [6.07, 6.45) is 2.48. The molecule has 1 aromatic carbocycles. The van der Waals surface area contributed by atoms with Crippen molar-refractivity contribution < 1.29 is 5.11 Å². The van der Waals surface area contributed by atoms with Crippen molar-refractivity contribution in [2.24, 2.45) is 0 Å². The molecule has 28 heavy (non-hydrogen) atoms. The molecule has 0 atom stereocenters. The van der Waals surface area contributed by atoms with Gasteiger partial charge < -0.3 is 5.11 Å². The molecule has 0 radical (unpaired) electrons. The topological polar surface area (TPSA) is 85.3 Å². The van der Waals surface area contributed by atoms with Crippen LogP contribution in [0.1, 0.15) is 23.5 Å². The number of imidazole rings is 1. The lowest BCUT2D eigenvalue weighted by Crippen LogP contribution is -2.24. The molecular weight excluding hydrogens is 374 g/mol. The Morgan fingerprint density at radius 3 is 2.79 bits per heavy atom. The first-order valence-corrected chi connectivity index (χ1v) is 10.1. The zero-order chi connectivity index (χ0) is 19.7. The highest BCUT2D eigenvalue weighted by atomic mass is 32.2. The number of aryl methyl sites for hydroxylation is 2. The molecule has 1 N–H and O–H groups in total. The Kier molecular flexibility index (Phi) is 5.15. The van der Waals surface area contributed by atoms with Gasteiger partial charge in [-0.25, -0.2) is 15.0 Å². The second-order valence-electron chi connectivity index (χ2n) is 6.68. The van der Waals surface area contributed by atoms with Gasteiger partial charge in [-0.2, -0.15) is 0 Å². The minimum atomic E-state index is -0.0790. The molecular formula is C20H21N5O2S. The lowest BCUT2D eigenvalue weighted by molar-refractivity contribution is 0.276. The Bertz CT molecular complexity index is 1210. The van der Waals surface area contributed by atoms with E-state index in [1.54, 1.807) is 10.6 Å². The normalized spacial score (nSPS) is 11.5. The minimum Gasteiger partial charge on any atom is -0.396 e. The second kappa shape index (κ2) is 7.73. The highest BCUT2D eigenvalue weighted by Gasteiger charge is 2.13. The fourth-order valence-corrected chi connectivity index (χ4v) is 4.12. The summed E-state index contributed by atoms with van der Waals surface area (Å²) >= 11 is 1.47. The molecule has 0 aliphatic carbocycles. The smallest absolute Gasteiger partial charge is 0.262 e. The van der Waals surface area contributed by atoms with Gasteiger partial charge in [0.15, 0.2) is 5.16 Å². The average Bonchev–Trinajstić information content (AvgIpc) is 3.09. The van der Waals surface area contributed by atoms with E-state index in [9.17, 15) is 9.90 Å². The van der Waals surface area contributed by atoms with Gasteiger partial charge in [-0.3, -0.25) is 13.8 Å². The summed E-state index contributed by atoms with van der Waals surface area (Å²) in [7, 11) is 0. The van der Waals surface area contributed by atoms with Crippen LogP contribution in [0.15, 0.2) is 46.5 Å². The summed E-state index contributed by atoms with van der Waals surface area (Å²) in [6.45, 7) is 4.44. The van der Waals surface area contributed by atoms with Gasteiger partial charge >= 0.3 is 0 Å². The maximum atomic E-state index is 12.9. The highest BCUT2D eigenvalue weighted by molar-refractivity contribution is 7.98. The Balaban J connectivity index is 1.69. The molecule has 3 heterocycles. The van der Waals surface area contributed by atoms with Crippen LogP contribution in [0.25, 0.3) is 16.7 Å². The molecule has 0 fully saturated rings. The van der Waals surface area contributed by atoms with Gasteiger partial charge in [-0.15, -0.1) is 0 Å². The van der Waals surface area contributed by atoms with Crippen molar-refractivity contribution in [3.05, 3.63) is 64.0 Å². The third-order valence-electron chi connectivity index (χ3n) is 4.53. The predicted octanol–water partition coefficient (Wildman–Crippen LogP) is 2.73. The Morgan fingerprint density at radius 2 is 1.96 bits per heavy atom. The van der Waals surface area contributed by atoms with Crippen LogP contribution in [0.4, 0.5) is 0 Å². The van der Waals surface area contributed by atoms with Gasteiger partial charge in [0.2, 0.25) is 5.78 Å². The molecule has 0 saturated heterocycles. The number of para-hydroxylation sites is 1. The standard InChI is InChI=1S/C20H21N5O2S/c1-13-10-14(2)25-11-15(22-19(25)21-13)12-28-20-23-17-7-4-3-6-16(17)18(27)24(20)8-5-9-26/h3-4,6-7,10-11,26H,5,8-9,12H2,1-2H3. The number of aliphatic hydroxyl groups is 1. The lowest BCUT2D eigenvalue weighted by atomic mass is 10.2. The quantitative estimate of drug-likeness (QED) is 0.399. The molecule has 3 aromatic heterocycles. The van der Waals surface area contributed by atoms with Crippen LogP contribution in [0, 0.1) is 13.8 Å². The van der Waals surface area contributed by atoms with Crippen molar-refractivity contribution in [3.63, 3.8) is 0 Å². The van der Waals surface area contributed by atoms with Gasteiger partial charge in [0, 0.05) is 36.5 Å². The number of aliphatic hydroxyl groups excluding tert-OH is 1. The molecule has 0 aliphatic rings. The molecule has 0 bridgehead atoms. The molecule has 0 spiro atoms. The largest absolute Gasteiger partial charge is 0.396 e. The van der Waals surface area contributed by atoms with E-state index in [0.717, 1.165) is 17.1 Å². The SMILES string of the molecule is Cc1cc(C)n2cc(CSc3nc4ccccc4c(=O)n3CCCO)nc2n1. The summed E-state index contributed by atoms with van der Waals surface area (Å²) in [5.74, 6) is 1.25. The van der Waals surface area contributed by atoms with E-state index in [4.69, 9.17) is 0 Å². The van der Waals surface area contributed by atoms with Crippen molar-refractivity contribution in [3.8, 4) is 0 Å². The summed E-state index contributed by atoms with van der Waals surface area (Å²) in [4.78, 5) is 26.6. The van der Waals surface area contributed by atoms with Crippen molar-refractivity contribution in [1.29, 1.82) is 0 Å². The van der Waals surface area contributed by atoms with E-state index in [-0.39, 0.29) is 12.2 Å². The second-order valence-corrected chi connectivity index (χ2v) is 7.62. The van der Waals surface area contributed by atoms with Crippen LogP contribution in [-0.2, 0) is 12.3 Å². The first kappa shape index (κ1) is 18.6. The van der Waals surface area contributed by atoms with Crippen LogP contribution in [0.2, 0.25) is 0 Å². The number of benzene rings is 1. The third-order valence-corrected chi connectivity index (χ3v) is 5.54. The Labute approximate surface area is 166 Å². The van der Waals surface area contributed by atoms with E-state index in [0.29, 0.717) is 40.6 Å². The number of rotatable bonds is 6. The number of fused-ring (bicyclic) bond motifs is 2. The number of nitrogens with zero attached hydrogens (tertiary/aromatic N) is 5. The fourth-order valence-electron chi connectivity index (χ4n) is 3.21. The fraction of sp³-hybridized carbons (Fsp3) is 0.300. The van der Waals surface area contributed by atoms with Crippen LogP contribution in [0.3, 0.4) is 0 Å². The number of hydrogen-bond donors (Lipinski definition) is 1. The zero-order valence-corrected chi connectivity index (χ0v) is 16.6. The van der Waals surface area contributed by atoms with Gasteiger partial charge in [-0.05, 0) is 38.5 Å². The molecule has 0 aliphatic heterocycles. The van der Waals surface area contributed by atoms with Crippen LogP contribution < -0.4 is 5.56 Å². The van der Waals surface area contributed by atoms with E-state index in [1.807, 2.05) is 48.7 Å². The van der Waals surface area contributed by atoms with E-state index in [2.05, 4.69) is 15.0 Å². The molecule has 4 aromatic rings. The Hall–Kier alpha value is -2.71. The van der Waals surface area contributed by atoms with E-state index < -0.39 is 0 Å². The molecule has 7 nitrogen and oxygen atoms in total. The summed E-state index contributed by atoms with van der Waals surface area (Å²) in [5.41, 5.74) is 3.49. The molecule has 0 unspecified atom stereocenters. The van der Waals surface area contributed by atoms with E-state index in [1.165, 1.54) is 11.8 Å². The Morgan fingerprint density at radius 1 is 1.14 bits per heavy atom. The maximum Gasteiger partial charge on any atom is 0.262 e. The highest BCUT2D eigenvalue weighted by Crippen LogP contribution is 2.22. The van der Waals surface area contributed by atoms with Gasteiger partial charge in [0.25, 0.3) is 5.56 Å². The van der Waals surface area contributed by atoms with Gasteiger partial charge in [-0.1, -0.05) is 23.9 Å². The lowest BCUT2D eigenvalue weighted by Gasteiger charge is -2.12. The third kappa shape index (κ3) is 3.53. The van der Waals surface area contributed by atoms with Crippen LogP contribution in [-0.4, -0.2) is 35.6 Å². The first-order chi connectivity index (χ1) is 13.6. The molecule has 8 heteroatoms. The minimum absolute atomic E-state index is 0.0279. The molecule has 4 rings (SSSR count). The monoisotopic (exact) mass is 395 g/mol. The van der Waals surface area contributed by atoms with Gasteiger partial charge in [0.1, 0.15) is 0 Å². The number of hydrogen-bond acceptors (Lipinski definition) is 6. The molecule has 0 amide bonds. The summed E-state index contributed by atoms with van der Waals surface area (Å²) in [5, 5.41) is 10.4. The number of thioether (sulfide) groups is 1. The summed E-state index contributed by atoms with van der Waals surface area (Å²) in [6, 6.07) is 9.36. The predicted molar refractivity (Wildman–Crippen MR) is 110 cm³/mol. The molecule has 0 saturated carbocycles. The first-order valence-electron chi connectivity index (χ1n) is 9.12. The van der Waals surface area contributed by atoms with Crippen LogP contribution in [0.5, 0.6) is 0 Å². The molecule has 144 valence electrons. The van der Waals surface area contributed by atoms with Crippen molar-refractivity contribution >= 4 is 28.4 Å². The van der Waals surface area contributed by atoms with Gasteiger partial charge in [0.05, 0.1) is 16.6 Å². The van der Waals surface area contributed by atoms with Crippen molar-refractivity contribution in [2.75, 3.05) is 6.61 Å².